The highest BCUT2D eigenvalue weighted by atomic mass is 127. The van der Waals surface area contributed by atoms with Crippen molar-refractivity contribution in [3.63, 3.8) is 0 Å². The Kier molecular flexibility index (Phi) is 3.42. The topological polar surface area (TPSA) is 32.6 Å². The molecule has 0 radical (unpaired) electrons. The quantitative estimate of drug-likeness (QED) is 0.451. The van der Waals surface area contributed by atoms with Crippen molar-refractivity contribution in [2.45, 2.75) is 0 Å². The lowest BCUT2D eigenvalue weighted by atomic mass is 10.3. The van der Waals surface area contributed by atoms with Crippen molar-refractivity contribution in [1.29, 1.82) is 0 Å². The highest BCUT2D eigenvalue weighted by Crippen LogP contribution is 2.18. The zero-order valence-corrected chi connectivity index (χ0v) is 11.5. The van der Waals surface area contributed by atoms with Crippen LogP contribution in [0.5, 0.6) is 0 Å². The van der Waals surface area contributed by atoms with Gasteiger partial charge in [0.15, 0.2) is 12.4 Å². The van der Waals surface area contributed by atoms with Gasteiger partial charge in [-0.15, -0.1) is 0 Å². The van der Waals surface area contributed by atoms with Crippen molar-refractivity contribution in [3.8, 4) is 11.4 Å². The number of benzene rings is 1. The van der Waals surface area contributed by atoms with Gasteiger partial charge in [-0.05, 0) is 18.2 Å². The molecule has 86 valence electrons. The van der Waals surface area contributed by atoms with Crippen molar-refractivity contribution in [3.05, 3.63) is 48.8 Å². The normalized spacial score (nSPS) is 10.2. The SMILES string of the molecule is C[n+]1cccc(-c2nc3ccccc3[nH]2)c1.[I-]. The number of imidazole rings is 1. The largest absolute Gasteiger partial charge is 1.00 e. The number of nitrogens with zero attached hydrogens (tertiary/aromatic N) is 2. The highest BCUT2D eigenvalue weighted by molar-refractivity contribution is 5.78. The number of aromatic amines is 1. The molecule has 0 aliphatic rings. The van der Waals surface area contributed by atoms with E-state index in [1.54, 1.807) is 0 Å². The Bertz CT molecular complexity index is 613. The number of aryl methyl sites for hydroxylation is 1. The van der Waals surface area contributed by atoms with E-state index in [0.29, 0.717) is 0 Å². The van der Waals surface area contributed by atoms with Crippen molar-refractivity contribution < 1.29 is 28.5 Å². The number of pyridine rings is 1. The van der Waals surface area contributed by atoms with Crippen LogP contribution < -0.4 is 28.5 Å². The van der Waals surface area contributed by atoms with Gasteiger partial charge in [0.25, 0.3) is 0 Å². The van der Waals surface area contributed by atoms with Gasteiger partial charge in [0.05, 0.1) is 16.6 Å². The summed E-state index contributed by atoms with van der Waals surface area (Å²) in [4.78, 5) is 7.87. The number of hydrogen-bond donors (Lipinski definition) is 1. The van der Waals surface area contributed by atoms with Gasteiger partial charge < -0.3 is 29.0 Å². The average molecular weight is 337 g/mol. The minimum atomic E-state index is 0. The summed E-state index contributed by atoms with van der Waals surface area (Å²) in [5.41, 5.74) is 3.18. The van der Waals surface area contributed by atoms with Crippen LogP contribution in [0.3, 0.4) is 0 Å². The van der Waals surface area contributed by atoms with E-state index in [0.717, 1.165) is 22.4 Å². The molecule has 2 heterocycles. The minimum absolute atomic E-state index is 0. The molecule has 0 amide bonds. The number of fused-ring (bicyclic) bond motifs is 1. The first-order valence-corrected chi connectivity index (χ1v) is 5.23. The van der Waals surface area contributed by atoms with E-state index < -0.39 is 0 Å². The maximum Gasteiger partial charge on any atom is 0.179 e. The van der Waals surface area contributed by atoms with E-state index in [9.17, 15) is 0 Å². The van der Waals surface area contributed by atoms with Crippen LogP contribution in [0.15, 0.2) is 48.8 Å². The second-order valence-corrected chi connectivity index (χ2v) is 3.86. The lowest BCUT2D eigenvalue weighted by Gasteiger charge is -1.92. The van der Waals surface area contributed by atoms with Crippen LogP contribution in [-0.4, -0.2) is 9.97 Å². The molecule has 0 fully saturated rings. The summed E-state index contributed by atoms with van der Waals surface area (Å²) in [6.07, 6.45) is 4.06. The fourth-order valence-electron chi connectivity index (χ4n) is 1.82. The second kappa shape index (κ2) is 4.83. The van der Waals surface area contributed by atoms with E-state index >= 15 is 0 Å². The zero-order chi connectivity index (χ0) is 11.0. The molecule has 2 aromatic heterocycles. The number of nitrogens with one attached hydrogen (secondary N) is 1. The smallest absolute Gasteiger partial charge is 0.179 e. The Balaban J connectivity index is 0.00000108. The van der Waals surface area contributed by atoms with E-state index in [1.165, 1.54) is 0 Å². The van der Waals surface area contributed by atoms with Crippen LogP contribution in [-0.2, 0) is 7.05 Å². The molecular formula is C13H12IN3. The molecule has 3 aromatic rings. The molecular weight excluding hydrogens is 325 g/mol. The molecule has 3 rings (SSSR count). The van der Waals surface area contributed by atoms with Crippen molar-refractivity contribution >= 4 is 11.0 Å². The van der Waals surface area contributed by atoms with E-state index in [1.807, 2.05) is 48.1 Å². The molecule has 0 aliphatic heterocycles. The van der Waals surface area contributed by atoms with Crippen LogP contribution in [0.1, 0.15) is 0 Å². The summed E-state index contributed by atoms with van der Waals surface area (Å²) in [5, 5.41) is 0. The van der Waals surface area contributed by atoms with Crippen molar-refractivity contribution in [2.24, 2.45) is 7.05 Å². The zero-order valence-electron chi connectivity index (χ0n) is 9.39. The minimum Gasteiger partial charge on any atom is -1.00 e. The maximum atomic E-state index is 4.56. The Morgan fingerprint density at radius 3 is 2.71 bits per heavy atom. The molecule has 1 aromatic carbocycles. The lowest BCUT2D eigenvalue weighted by Crippen LogP contribution is -3.00. The lowest BCUT2D eigenvalue weighted by molar-refractivity contribution is -0.671. The molecule has 4 heteroatoms. The van der Waals surface area contributed by atoms with E-state index in [-0.39, 0.29) is 24.0 Å². The summed E-state index contributed by atoms with van der Waals surface area (Å²) < 4.78 is 2.02. The Morgan fingerprint density at radius 1 is 1.12 bits per heavy atom. The number of aromatic nitrogens is 3. The highest BCUT2D eigenvalue weighted by Gasteiger charge is 2.06. The van der Waals surface area contributed by atoms with Crippen LogP contribution in [0.4, 0.5) is 0 Å². The third-order valence-corrected chi connectivity index (χ3v) is 2.60. The molecule has 0 unspecified atom stereocenters. The Hall–Kier alpha value is -1.43. The monoisotopic (exact) mass is 337 g/mol. The predicted octanol–water partition coefficient (Wildman–Crippen LogP) is -0.942. The van der Waals surface area contributed by atoms with Gasteiger partial charge in [-0.2, -0.15) is 0 Å². The Labute approximate surface area is 117 Å². The van der Waals surface area contributed by atoms with Crippen molar-refractivity contribution in [1.82, 2.24) is 9.97 Å². The van der Waals surface area contributed by atoms with E-state index in [4.69, 9.17) is 0 Å². The fraction of sp³-hybridized carbons (Fsp3) is 0.0769. The summed E-state index contributed by atoms with van der Waals surface area (Å²) in [6, 6.07) is 12.1. The number of H-pyrrole nitrogens is 1. The first-order valence-electron chi connectivity index (χ1n) is 5.23. The molecule has 0 aliphatic carbocycles. The Morgan fingerprint density at radius 2 is 1.94 bits per heavy atom. The third-order valence-electron chi connectivity index (χ3n) is 2.60. The summed E-state index contributed by atoms with van der Waals surface area (Å²) in [5.74, 6) is 0.914. The van der Waals surface area contributed by atoms with Gasteiger partial charge in [0.2, 0.25) is 0 Å². The first kappa shape index (κ1) is 12.0. The summed E-state index contributed by atoms with van der Waals surface area (Å²) in [7, 11) is 2.01. The van der Waals surface area contributed by atoms with Crippen LogP contribution >= 0.6 is 0 Å². The molecule has 1 N–H and O–H groups in total. The fourth-order valence-corrected chi connectivity index (χ4v) is 1.82. The number of hydrogen-bond acceptors (Lipinski definition) is 1. The van der Waals surface area contributed by atoms with Crippen LogP contribution in [0.25, 0.3) is 22.4 Å². The number of para-hydroxylation sites is 2. The van der Waals surface area contributed by atoms with Gasteiger partial charge in [-0.3, -0.25) is 0 Å². The van der Waals surface area contributed by atoms with Gasteiger partial charge in [-0.1, -0.05) is 12.1 Å². The standard InChI is InChI=1S/C13H12N3.HI/c1-16-8-4-5-10(9-16)13-14-11-6-2-3-7-12(11)15-13;/h2-9H,1H3,(H,14,15);1H/q+1;/p-1. The molecule has 17 heavy (non-hydrogen) atoms. The molecule has 3 nitrogen and oxygen atoms in total. The van der Waals surface area contributed by atoms with Gasteiger partial charge >= 0.3 is 0 Å². The maximum absolute atomic E-state index is 4.56. The molecule has 0 saturated heterocycles. The van der Waals surface area contributed by atoms with E-state index in [2.05, 4.69) is 22.2 Å². The van der Waals surface area contributed by atoms with Crippen LogP contribution in [0, 0.1) is 0 Å². The third kappa shape index (κ3) is 2.31. The first-order chi connectivity index (χ1) is 7.83. The van der Waals surface area contributed by atoms with Gasteiger partial charge in [0, 0.05) is 6.07 Å². The van der Waals surface area contributed by atoms with Crippen molar-refractivity contribution in [2.75, 3.05) is 0 Å². The summed E-state index contributed by atoms with van der Waals surface area (Å²) in [6.45, 7) is 0. The predicted molar refractivity (Wildman–Crippen MR) is 62.7 cm³/mol. The number of halogens is 1. The average Bonchev–Trinajstić information content (AvgIpc) is 2.72. The molecule has 0 saturated carbocycles. The number of rotatable bonds is 1. The molecule has 0 bridgehead atoms. The molecule has 0 spiro atoms. The summed E-state index contributed by atoms with van der Waals surface area (Å²) >= 11 is 0. The van der Waals surface area contributed by atoms with Gasteiger partial charge in [-0.25, -0.2) is 9.55 Å². The second-order valence-electron chi connectivity index (χ2n) is 3.86. The van der Waals surface area contributed by atoms with Gasteiger partial charge in [0.1, 0.15) is 12.9 Å². The van der Waals surface area contributed by atoms with Crippen LogP contribution in [0.2, 0.25) is 0 Å². The molecule has 0 atom stereocenters.